The van der Waals surface area contributed by atoms with E-state index in [2.05, 4.69) is 6.92 Å². The Bertz CT molecular complexity index is 772. The minimum absolute atomic E-state index is 0.0285. The van der Waals surface area contributed by atoms with Crippen LogP contribution in [0.15, 0.2) is 42.5 Å². The monoisotopic (exact) mass is 355 g/mol. The van der Waals surface area contributed by atoms with Crippen LogP contribution in [0.4, 0.5) is 5.69 Å². The molecule has 2 aromatic rings. The van der Waals surface area contributed by atoms with Crippen LogP contribution in [0.25, 0.3) is 11.1 Å². The summed E-state index contributed by atoms with van der Waals surface area (Å²) in [7, 11) is 1.35. The van der Waals surface area contributed by atoms with Crippen LogP contribution in [0.5, 0.6) is 5.75 Å². The average molecular weight is 355 g/mol. The van der Waals surface area contributed by atoms with Gasteiger partial charge >= 0.3 is 5.97 Å². The zero-order valence-electron chi connectivity index (χ0n) is 15.1. The van der Waals surface area contributed by atoms with Gasteiger partial charge in [0.05, 0.1) is 12.8 Å². The van der Waals surface area contributed by atoms with Gasteiger partial charge in [-0.15, -0.1) is 0 Å². The molecule has 0 heterocycles. The Labute approximate surface area is 153 Å². The van der Waals surface area contributed by atoms with Crippen molar-refractivity contribution in [2.24, 2.45) is 5.73 Å². The van der Waals surface area contributed by atoms with Gasteiger partial charge in [-0.2, -0.15) is 0 Å². The summed E-state index contributed by atoms with van der Waals surface area (Å²) in [5, 5.41) is 7.44. The lowest BCUT2D eigenvalue weighted by Gasteiger charge is -2.18. The first-order chi connectivity index (χ1) is 12.5. The number of benzene rings is 2. The van der Waals surface area contributed by atoms with Crippen LogP contribution in [-0.2, 0) is 9.53 Å². The Balaban J connectivity index is 2.19. The van der Waals surface area contributed by atoms with E-state index in [-0.39, 0.29) is 5.84 Å². The molecule has 138 valence electrons. The van der Waals surface area contributed by atoms with Crippen molar-refractivity contribution in [2.75, 3.05) is 12.8 Å². The zero-order chi connectivity index (χ0) is 19.1. The van der Waals surface area contributed by atoms with E-state index >= 15 is 0 Å². The fraction of sp³-hybridized carbons (Fsp3) is 0.300. The molecular formula is C20H25N3O3. The molecule has 0 aliphatic heterocycles. The molecule has 0 spiro atoms. The molecule has 0 fully saturated rings. The summed E-state index contributed by atoms with van der Waals surface area (Å²) in [6.45, 7) is 2.05. The van der Waals surface area contributed by atoms with Crippen molar-refractivity contribution in [2.45, 2.75) is 32.3 Å². The Hall–Kier alpha value is -3.02. The first kappa shape index (κ1) is 19.3. The van der Waals surface area contributed by atoms with Crippen molar-refractivity contribution >= 4 is 17.5 Å². The lowest BCUT2D eigenvalue weighted by atomic mass is 10.0. The van der Waals surface area contributed by atoms with Crippen molar-refractivity contribution in [3.8, 4) is 16.9 Å². The first-order valence-corrected chi connectivity index (χ1v) is 8.55. The number of carbonyl (C=O) groups excluding carboxylic acids is 1. The van der Waals surface area contributed by atoms with E-state index < -0.39 is 12.1 Å². The predicted molar refractivity (Wildman–Crippen MR) is 103 cm³/mol. The molecule has 0 aliphatic carbocycles. The van der Waals surface area contributed by atoms with E-state index in [1.165, 1.54) is 7.11 Å². The van der Waals surface area contributed by atoms with Crippen LogP contribution in [0, 0.1) is 5.41 Å². The van der Waals surface area contributed by atoms with Crippen LogP contribution in [0.1, 0.15) is 31.7 Å². The third-order valence-electron chi connectivity index (χ3n) is 4.09. The van der Waals surface area contributed by atoms with Crippen molar-refractivity contribution < 1.29 is 14.3 Å². The third kappa shape index (κ3) is 4.75. The Morgan fingerprint density at radius 1 is 1.15 bits per heavy atom. The van der Waals surface area contributed by atoms with Crippen molar-refractivity contribution in [1.82, 2.24) is 0 Å². The SMILES string of the molecule is CCCCC(Oc1ccc(-c2ccc(C(=N)N)cc2)cc1N)C(=O)OC. The molecule has 1 atom stereocenters. The number of unbranched alkanes of at least 4 members (excludes halogenated alkanes) is 1. The molecule has 0 bridgehead atoms. The number of methoxy groups -OCH3 is 1. The number of ether oxygens (including phenoxy) is 2. The molecule has 0 aliphatic rings. The molecule has 2 rings (SSSR count). The van der Waals surface area contributed by atoms with Gasteiger partial charge in [0.15, 0.2) is 6.10 Å². The Morgan fingerprint density at radius 3 is 2.35 bits per heavy atom. The molecule has 6 heteroatoms. The number of anilines is 1. The fourth-order valence-electron chi connectivity index (χ4n) is 2.58. The number of carbonyl (C=O) groups is 1. The van der Waals surface area contributed by atoms with Crippen molar-refractivity contribution in [1.29, 1.82) is 5.41 Å². The van der Waals surface area contributed by atoms with Crippen LogP contribution in [0.2, 0.25) is 0 Å². The molecular weight excluding hydrogens is 330 g/mol. The van der Waals surface area contributed by atoms with Gasteiger partial charge in [-0.25, -0.2) is 4.79 Å². The van der Waals surface area contributed by atoms with Crippen molar-refractivity contribution in [3.63, 3.8) is 0 Å². The number of amidine groups is 1. The summed E-state index contributed by atoms with van der Waals surface area (Å²) >= 11 is 0. The topological polar surface area (TPSA) is 111 Å². The Kier molecular flexibility index (Phi) is 6.60. The summed E-state index contributed by atoms with van der Waals surface area (Å²) in [6.07, 6.45) is 1.74. The maximum atomic E-state index is 11.9. The summed E-state index contributed by atoms with van der Waals surface area (Å²) in [4.78, 5) is 11.9. The second kappa shape index (κ2) is 8.89. The van der Waals surface area contributed by atoms with Gasteiger partial charge in [-0.3, -0.25) is 5.41 Å². The number of nitrogens with one attached hydrogen (secondary N) is 1. The summed E-state index contributed by atoms with van der Waals surface area (Å²) in [5.41, 5.74) is 14.6. The van der Waals surface area contributed by atoms with Gasteiger partial charge in [0.2, 0.25) is 0 Å². The molecule has 0 radical (unpaired) electrons. The summed E-state index contributed by atoms with van der Waals surface area (Å²) in [6, 6.07) is 12.8. The molecule has 0 amide bonds. The number of nitrogen functional groups attached to an aromatic ring is 2. The number of rotatable bonds is 8. The van der Waals surface area contributed by atoms with E-state index in [0.29, 0.717) is 23.4 Å². The highest BCUT2D eigenvalue weighted by atomic mass is 16.6. The van der Waals surface area contributed by atoms with Gasteiger partial charge < -0.3 is 20.9 Å². The largest absolute Gasteiger partial charge is 0.477 e. The summed E-state index contributed by atoms with van der Waals surface area (Å²) in [5.74, 6) is 0.0862. The normalized spacial score (nSPS) is 11.6. The maximum Gasteiger partial charge on any atom is 0.347 e. The smallest absolute Gasteiger partial charge is 0.347 e. The standard InChI is InChI=1S/C20H25N3O3/c1-3-4-5-18(20(24)25-2)26-17-11-10-15(12-16(17)21)13-6-8-14(9-7-13)19(22)23/h6-12,18H,3-5,21H2,1-2H3,(H3,22,23). The molecule has 6 nitrogen and oxygen atoms in total. The summed E-state index contributed by atoms with van der Waals surface area (Å²) < 4.78 is 10.6. The van der Waals surface area contributed by atoms with Gasteiger partial charge in [0.1, 0.15) is 11.6 Å². The molecule has 0 saturated heterocycles. The molecule has 0 aromatic heterocycles. The lowest BCUT2D eigenvalue weighted by molar-refractivity contribution is -0.149. The minimum atomic E-state index is -0.664. The van der Waals surface area contributed by atoms with Crippen LogP contribution in [-0.4, -0.2) is 25.0 Å². The average Bonchev–Trinajstić information content (AvgIpc) is 2.65. The second-order valence-corrected chi connectivity index (χ2v) is 6.02. The number of nitrogens with two attached hydrogens (primary N) is 2. The van der Waals surface area contributed by atoms with E-state index in [4.69, 9.17) is 26.4 Å². The maximum absolute atomic E-state index is 11.9. The number of esters is 1. The molecule has 2 aromatic carbocycles. The highest BCUT2D eigenvalue weighted by Crippen LogP contribution is 2.30. The Morgan fingerprint density at radius 2 is 1.81 bits per heavy atom. The van der Waals surface area contributed by atoms with Crippen LogP contribution in [0.3, 0.4) is 0 Å². The van der Waals surface area contributed by atoms with Gasteiger partial charge in [0.25, 0.3) is 0 Å². The predicted octanol–water partition coefficient (Wildman–Crippen LogP) is 3.33. The van der Waals surface area contributed by atoms with Gasteiger partial charge in [-0.1, -0.05) is 43.7 Å². The van der Waals surface area contributed by atoms with Crippen LogP contribution >= 0.6 is 0 Å². The van der Waals surface area contributed by atoms with E-state index in [1.807, 2.05) is 18.2 Å². The quantitative estimate of drug-likeness (QED) is 0.291. The fourth-order valence-corrected chi connectivity index (χ4v) is 2.58. The van der Waals surface area contributed by atoms with E-state index in [9.17, 15) is 4.79 Å². The highest BCUT2D eigenvalue weighted by Gasteiger charge is 2.21. The molecule has 26 heavy (non-hydrogen) atoms. The van der Waals surface area contributed by atoms with Gasteiger partial charge in [0, 0.05) is 5.56 Å². The highest BCUT2D eigenvalue weighted by molar-refractivity contribution is 5.95. The van der Waals surface area contributed by atoms with E-state index in [1.54, 1.807) is 24.3 Å². The second-order valence-electron chi connectivity index (χ2n) is 6.02. The molecule has 5 N–H and O–H groups in total. The van der Waals surface area contributed by atoms with Gasteiger partial charge in [-0.05, 0) is 36.1 Å². The first-order valence-electron chi connectivity index (χ1n) is 8.55. The number of hydrogen-bond donors (Lipinski definition) is 3. The van der Waals surface area contributed by atoms with Crippen molar-refractivity contribution in [3.05, 3.63) is 48.0 Å². The zero-order valence-corrected chi connectivity index (χ0v) is 15.1. The lowest BCUT2D eigenvalue weighted by Crippen LogP contribution is -2.28. The van der Waals surface area contributed by atoms with E-state index in [0.717, 1.165) is 24.0 Å². The number of hydrogen-bond acceptors (Lipinski definition) is 5. The molecule has 0 saturated carbocycles. The minimum Gasteiger partial charge on any atom is -0.477 e. The van der Waals surface area contributed by atoms with Crippen LogP contribution < -0.4 is 16.2 Å². The molecule has 1 unspecified atom stereocenters. The third-order valence-corrected chi connectivity index (χ3v) is 4.09.